The zero-order valence-electron chi connectivity index (χ0n) is 14.3. The molecule has 1 heterocycles. The van der Waals surface area contributed by atoms with Crippen LogP contribution in [0.25, 0.3) is 22.4 Å². The van der Waals surface area contributed by atoms with Gasteiger partial charge in [-0.2, -0.15) is 13.2 Å². The summed E-state index contributed by atoms with van der Waals surface area (Å²) in [4.78, 5) is -0.505. The van der Waals surface area contributed by atoms with Crippen LogP contribution in [0.15, 0.2) is 51.9 Å². The number of aromatic nitrogens is 1. The Morgan fingerprint density at radius 2 is 1.68 bits per heavy atom. The van der Waals surface area contributed by atoms with Crippen molar-refractivity contribution in [3.05, 3.63) is 59.6 Å². The first kappa shape index (κ1) is 20.0. The number of hydrogen-bond acceptors (Lipinski definition) is 5. The molecule has 0 unspecified atom stereocenters. The molecule has 10 heteroatoms. The van der Waals surface area contributed by atoms with Crippen LogP contribution in [-0.4, -0.2) is 24.9 Å². The molecule has 0 aliphatic rings. The highest BCUT2D eigenvalue weighted by atomic mass is 32.2. The number of rotatable bonds is 4. The van der Waals surface area contributed by atoms with Crippen LogP contribution in [-0.2, 0) is 22.6 Å². The number of nitrogens with zero attached hydrogens (tertiary/aromatic N) is 1. The molecule has 5 nitrogen and oxygen atoms in total. The van der Waals surface area contributed by atoms with E-state index in [4.69, 9.17) is 4.52 Å². The van der Waals surface area contributed by atoms with Crippen molar-refractivity contribution in [1.82, 2.24) is 5.16 Å². The van der Waals surface area contributed by atoms with E-state index in [-0.39, 0.29) is 28.1 Å². The molecule has 0 spiro atoms. The molecule has 0 radical (unpaired) electrons. The maximum atomic E-state index is 14.3. The van der Waals surface area contributed by atoms with Crippen molar-refractivity contribution < 1.29 is 35.6 Å². The minimum Gasteiger partial charge on any atom is -0.388 e. The lowest BCUT2D eigenvalue weighted by atomic mass is 9.98. The third-order valence-electron chi connectivity index (χ3n) is 4.01. The van der Waals surface area contributed by atoms with Gasteiger partial charge in [-0.1, -0.05) is 23.4 Å². The summed E-state index contributed by atoms with van der Waals surface area (Å²) in [6.45, 7) is -0.599. The summed E-state index contributed by atoms with van der Waals surface area (Å²) >= 11 is 0. The smallest absolute Gasteiger partial charge is 0.388 e. The molecule has 0 atom stereocenters. The fraction of sp³-hybridized carbons (Fsp3) is 0.167. The van der Waals surface area contributed by atoms with Crippen molar-refractivity contribution in [3.63, 3.8) is 0 Å². The summed E-state index contributed by atoms with van der Waals surface area (Å²) in [6, 6.07) is 7.37. The minimum absolute atomic E-state index is 0.0404. The predicted molar refractivity (Wildman–Crippen MR) is 91.4 cm³/mol. The van der Waals surface area contributed by atoms with Crippen LogP contribution in [0.1, 0.15) is 11.3 Å². The summed E-state index contributed by atoms with van der Waals surface area (Å²) in [5.41, 5.74) is -0.207. The molecule has 28 heavy (non-hydrogen) atoms. The second-order valence-corrected chi connectivity index (χ2v) is 7.96. The number of aliphatic hydroxyl groups is 1. The molecule has 0 bridgehead atoms. The van der Waals surface area contributed by atoms with Crippen LogP contribution in [0.4, 0.5) is 17.6 Å². The van der Waals surface area contributed by atoms with E-state index >= 15 is 0 Å². The molecule has 0 saturated carbocycles. The van der Waals surface area contributed by atoms with Crippen molar-refractivity contribution >= 4 is 9.84 Å². The number of sulfone groups is 1. The van der Waals surface area contributed by atoms with Crippen molar-refractivity contribution in [3.8, 4) is 22.4 Å². The SMILES string of the molecule is CS(=O)(=O)c1ccc(-c2c(-c3ccc(C(F)(F)F)cc3)noc2CO)cc1F. The maximum Gasteiger partial charge on any atom is 0.416 e. The van der Waals surface area contributed by atoms with E-state index in [1.807, 2.05) is 0 Å². The molecule has 0 aliphatic heterocycles. The van der Waals surface area contributed by atoms with Gasteiger partial charge in [0.1, 0.15) is 23.0 Å². The largest absolute Gasteiger partial charge is 0.416 e. The second-order valence-electron chi connectivity index (χ2n) is 5.98. The fourth-order valence-electron chi connectivity index (χ4n) is 2.70. The molecule has 1 aromatic heterocycles. The van der Waals surface area contributed by atoms with Crippen LogP contribution in [0.2, 0.25) is 0 Å². The molecule has 148 valence electrons. The quantitative estimate of drug-likeness (QED) is 0.650. The van der Waals surface area contributed by atoms with Crippen LogP contribution in [0.3, 0.4) is 0 Å². The zero-order valence-corrected chi connectivity index (χ0v) is 15.1. The molecule has 0 saturated heterocycles. The van der Waals surface area contributed by atoms with E-state index in [2.05, 4.69) is 5.16 Å². The molecule has 1 N–H and O–H groups in total. The van der Waals surface area contributed by atoms with Crippen LogP contribution >= 0.6 is 0 Å². The van der Waals surface area contributed by atoms with Gasteiger partial charge in [-0.15, -0.1) is 0 Å². The summed E-state index contributed by atoms with van der Waals surface area (Å²) in [7, 11) is -3.79. The van der Waals surface area contributed by atoms with E-state index in [1.165, 1.54) is 18.2 Å². The molecule has 0 amide bonds. The van der Waals surface area contributed by atoms with E-state index in [1.54, 1.807) is 0 Å². The van der Waals surface area contributed by atoms with Gasteiger partial charge in [0.25, 0.3) is 0 Å². The molecular weight excluding hydrogens is 402 g/mol. The third-order valence-corrected chi connectivity index (χ3v) is 5.14. The topological polar surface area (TPSA) is 80.4 Å². The Balaban J connectivity index is 2.13. The van der Waals surface area contributed by atoms with Gasteiger partial charge in [-0.25, -0.2) is 12.8 Å². The van der Waals surface area contributed by atoms with Gasteiger partial charge in [0.05, 0.1) is 11.1 Å². The van der Waals surface area contributed by atoms with Crippen molar-refractivity contribution in [2.24, 2.45) is 0 Å². The highest BCUT2D eigenvalue weighted by molar-refractivity contribution is 7.90. The first-order valence-electron chi connectivity index (χ1n) is 7.79. The Kier molecular flexibility index (Phi) is 5.02. The zero-order chi connectivity index (χ0) is 20.7. The number of alkyl halides is 3. The molecule has 3 aromatic rings. The molecule has 3 rings (SSSR count). The first-order chi connectivity index (χ1) is 13.0. The highest BCUT2D eigenvalue weighted by Crippen LogP contribution is 2.37. The average Bonchev–Trinajstić information content (AvgIpc) is 3.04. The lowest BCUT2D eigenvalue weighted by Gasteiger charge is -2.09. The maximum absolute atomic E-state index is 14.3. The van der Waals surface area contributed by atoms with Crippen LogP contribution < -0.4 is 0 Å². The lowest BCUT2D eigenvalue weighted by Crippen LogP contribution is -2.04. The number of halogens is 4. The monoisotopic (exact) mass is 415 g/mol. The van der Waals surface area contributed by atoms with E-state index in [0.29, 0.717) is 0 Å². The molecule has 2 aromatic carbocycles. The Hall–Kier alpha value is -2.72. The second kappa shape index (κ2) is 7.02. The Morgan fingerprint density at radius 1 is 1.07 bits per heavy atom. The van der Waals surface area contributed by atoms with Crippen molar-refractivity contribution in [2.45, 2.75) is 17.7 Å². The summed E-state index contributed by atoms with van der Waals surface area (Å²) in [5.74, 6) is -1.05. The Morgan fingerprint density at radius 3 is 2.18 bits per heavy atom. The molecule has 0 fully saturated rings. The minimum atomic E-state index is -4.51. The lowest BCUT2D eigenvalue weighted by molar-refractivity contribution is -0.137. The van der Waals surface area contributed by atoms with Gasteiger partial charge in [0, 0.05) is 11.8 Å². The van der Waals surface area contributed by atoms with Gasteiger partial charge in [0.15, 0.2) is 15.6 Å². The number of aliphatic hydroxyl groups excluding tert-OH is 1. The normalized spacial score (nSPS) is 12.4. The van der Waals surface area contributed by atoms with E-state index in [0.717, 1.165) is 30.5 Å². The summed E-state index contributed by atoms with van der Waals surface area (Å²) in [6.07, 6.45) is -3.65. The van der Waals surface area contributed by atoms with Gasteiger partial charge in [0.2, 0.25) is 0 Å². The van der Waals surface area contributed by atoms with Crippen LogP contribution in [0.5, 0.6) is 0 Å². The first-order valence-corrected chi connectivity index (χ1v) is 9.68. The van der Waals surface area contributed by atoms with Crippen molar-refractivity contribution in [1.29, 1.82) is 0 Å². The van der Waals surface area contributed by atoms with Crippen molar-refractivity contribution in [2.75, 3.05) is 6.26 Å². The summed E-state index contributed by atoms with van der Waals surface area (Å²) in [5, 5.41) is 13.2. The van der Waals surface area contributed by atoms with Gasteiger partial charge in [-0.3, -0.25) is 0 Å². The van der Waals surface area contributed by atoms with Crippen LogP contribution in [0, 0.1) is 5.82 Å². The Labute approximate surface area is 157 Å². The summed E-state index contributed by atoms with van der Waals surface area (Å²) < 4.78 is 80.7. The standard InChI is InChI=1S/C18H13F4NO4S/c1-28(25,26)15-7-4-11(8-13(15)19)16-14(9-24)27-23-17(16)10-2-5-12(6-3-10)18(20,21)22/h2-8,24H,9H2,1H3. The molecular formula is C18H13F4NO4S. The average molecular weight is 415 g/mol. The highest BCUT2D eigenvalue weighted by Gasteiger charge is 2.30. The third kappa shape index (κ3) is 3.78. The fourth-order valence-corrected chi connectivity index (χ4v) is 3.43. The molecule has 0 aliphatic carbocycles. The number of benzene rings is 2. The van der Waals surface area contributed by atoms with Gasteiger partial charge in [-0.05, 0) is 29.8 Å². The van der Waals surface area contributed by atoms with Gasteiger partial charge < -0.3 is 9.63 Å². The predicted octanol–water partition coefficient (Wildman–Crippen LogP) is 4.06. The van der Waals surface area contributed by atoms with E-state index < -0.39 is 38.9 Å². The number of hydrogen-bond donors (Lipinski definition) is 1. The van der Waals surface area contributed by atoms with E-state index in [9.17, 15) is 31.1 Å². The Bertz CT molecular complexity index is 1120. The van der Waals surface area contributed by atoms with Gasteiger partial charge >= 0.3 is 6.18 Å².